The molecule has 32 heavy (non-hydrogen) atoms. The number of fused-ring (bicyclic) bond motifs is 3. The van der Waals surface area contributed by atoms with Crippen molar-refractivity contribution >= 4 is 18.0 Å². The minimum Gasteiger partial charge on any atom is -0.480 e. The van der Waals surface area contributed by atoms with E-state index in [0.717, 1.165) is 22.3 Å². The van der Waals surface area contributed by atoms with Gasteiger partial charge in [0.1, 0.15) is 18.7 Å². The molecule has 0 radical (unpaired) electrons. The molecule has 3 rings (SSSR count). The minimum atomic E-state index is -2.90. The van der Waals surface area contributed by atoms with Gasteiger partial charge in [0.05, 0.1) is 0 Å². The lowest BCUT2D eigenvalue weighted by atomic mass is 9.98. The van der Waals surface area contributed by atoms with Crippen LogP contribution >= 0.6 is 0 Å². The van der Waals surface area contributed by atoms with Crippen molar-refractivity contribution in [3.63, 3.8) is 0 Å². The predicted octanol–water partition coefficient (Wildman–Crippen LogP) is 3.53. The van der Waals surface area contributed by atoms with Crippen molar-refractivity contribution in [3.8, 4) is 11.1 Å². The molecular weight excluding hydrogens is 422 g/mol. The number of carboxylic acids is 1. The number of nitrogens with one attached hydrogen (secondary N) is 2. The molecule has 0 heterocycles. The van der Waals surface area contributed by atoms with Gasteiger partial charge < -0.3 is 20.5 Å². The highest BCUT2D eigenvalue weighted by Crippen LogP contribution is 2.44. The average molecular weight is 446 g/mol. The molecule has 0 spiro atoms. The number of carbonyl (C=O) groups excluding carboxylic acids is 2. The largest absolute Gasteiger partial charge is 0.480 e. The third-order valence-corrected chi connectivity index (χ3v) is 5.39. The third kappa shape index (κ3) is 5.22. The molecule has 0 aliphatic heterocycles. The van der Waals surface area contributed by atoms with E-state index < -0.39 is 42.9 Å². The Morgan fingerprint density at radius 3 is 2.03 bits per heavy atom. The van der Waals surface area contributed by atoms with Crippen LogP contribution in [-0.2, 0) is 14.3 Å². The first kappa shape index (κ1) is 23.2. The van der Waals surface area contributed by atoms with Gasteiger partial charge in [0.15, 0.2) is 0 Å². The van der Waals surface area contributed by atoms with Crippen molar-refractivity contribution < 1.29 is 33.0 Å². The van der Waals surface area contributed by atoms with Crippen LogP contribution in [-0.4, -0.2) is 48.2 Å². The second kappa shape index (κ2) is 10.2. The van der Waals surface area contributed by atoms with Gasteiger partial charge in [0, 0.05) is 12.3 Å². The lowest BCUT2D eigenvalue weighted by Gasteiger charge is -2.21. The molecule has 7 nitrogen and oxygen atoms in total. The van der Waals surface area contributed by atoms with Gasteiger partial charge in [-0.05, 0) is 28.7 Å². The molecule has 2 aromatic rings. The van der Waals surface area contributed by atoms with Crippen molar-refractivity contribution in [3.05, 3.63) is 59.7 Å². The van der Waals surface area contributed by atoms with Crippen molar-refractivity contribution in [1.29, 1.82) is 0 Å². The SMILES string of the molecule is CCC(NC(=O)OCC1c2ccccc2-c2ccccc21)C(=O)NC(CC(F)F)C(=O)O. The molecule has 2 aromatic carbocycles. The van der Waals surface area contributed by atoms with E-state index in [1.165, 1.54) is 0 Å². The number of alkyl carbamates (subject to hydrolysis) is 1. The third-order valence-electron chi connectivity index (χ3n) is 5.39. The van der Waals surface area contributed by atoms with Crippen molar-refractivity contribution in [1.82, 2.24) is 10.6 Å². The summed E-state index contributed by atoms with van der Waals surface area (Å²) >= 11 is 0. The van der Waals surface area contributed by atoms with Crippen LogP contribution in [0.1, 0.15) is 36.8 Å². The zero-order valence-corrected chi connectivity index (χ0v) is 17.4. The first-order valence-electron chi connectivity index (χ1n) is 10.2. The lowest BCUT2D eigenvalue weighted by molar-refractivity contribution is -0.143. The van der Waals surface area contributed by atoms with Crippen molar-refractivity contribution in [2.24, 2.45) is 0 Å². The summed E-state index contributed by atoms with van der Waals surface area (Å²) in [7, 11) is 0. The number of halogens is 2. The molecule has 0 bridgehead atoms. The molecule has 9 heteroatoms. The smallest absolute Gasteiger partial charge is 0.407 e. The van der Waals surface area contributed by atoms with Gasteiger partial charge in [-0.2, -0.15) is 0 Å². The van der Waals surface area contributed by atoms with Gasteiger partial charge in [-0.3, -0.25) is 4.79 Å². The maximum atomic E-state index is 12.5. The van der Waals surface area contributed by atoms with Crippen molar-refractivity contribution in [2.45, 2.75) is 44.2 Å². The van der Waals surface area contributed by atoms with Crippen LogP contribution in [0.5, 0.6) is 0 Å². The number of carboxylic acid groups (broad SMARTS) is 1. The van der Waals surface area contributed by atoms with E-state index in [1.54, 1.807) is 6.92 Å². The van der Waals surface area contributed by atoms with Crippen molar-refractivity contribution in [2.75, 3.05) is 6.61 Å². The standard InChI is InChI=1S/C23H24F2N2O5/c1-2-18(21(28)26-19(22(29)30)11-20(24)25)27-23(31)32-12-17-15-9-5-3-7-13(15)14-8-4-6-10-16(14)17/h3-10,17-20H,2,11-12H2,1H3,(H,26,28)(H,27,31)(H,29,30). The Balaban J connectivity index is 1.61. The van der Waals surface area contributed by atoms with Gasteiger partial charge in [-0.25, -0.2) is 18.4 Å². The van der Waals surface area contributed by atoms with Crippen LogP contribution in [0.2, 0.25) is 0 Å². The number of alkyl halides is 2. The molecule has 1 aliphatic carbocycles. The fourth-order valence-corrected chi connectivity index (χ4v) is 3.81. The summed E-state index contributed by atoms with van der Waals surface area (Å²) in [5, 5.41) is 13.4. The Hall–Kier alpha value is -3.49. The van der Waals surface area contributed by atoms with Gasteiger partial charge in [-0.1, -0.05) is 55.5 Å². The van der Waals surface area contributed by atoms with E-state index in [9.17, 15) is 23.2 Å². The molecule has 0 saturated carbocycles. The second-order valence-electron chi connectivity index (χ2n) is 7.46. The monoisotopic (exact) mass is 446 g/mol. The lowest BCUT2D eigenvalue weighted by Crippen LogP contribution is -2.52. The summed E-state index contributed by atoms with van der Waals surface area (Å²) in [5.41, 5.74) is 4.20. The molecule has 0 saturated heterocycles. The summed E-state index contributed by atoms with van der Waals surface area (Å²) in [5.74, 6) is -2.60. The number of aliphatic carboxylic acids is 1. The molecular formula is C23H24F2N2O5. The van der Waals surface area contributed by atoms with E-state index in [-0.39, 0.29) is 18.9 Å². The Morgan fingerprint density at radius 1 is 0.969 bits per heavy atom. The van der Waals surface area contributed by atoms with Gasteiger partial charge >= 0.3 is 12.1 Å². The molecule has 2 amide bonds. The van der Waals surface area contributed by atoms with E-state index >= 15 is 0 Å². The summed E-state index contributed by atoms with van der Waals surface area (Å²) in [6.45, 7) is 1.64. The van der Waals surface area contributed by atoms with Crippen LogP contribution in [0.3, 0.4) is 0 Å². The molecule has 2 unspecified atom stereocenters. The first-order valence-corrected chi connectivity index (χ1v) is 10.2. The van der Waals surface area contributed by atoms with E-state index in [1.807, 2.05) is 53.8 Å². The van der Waals surface area contributed by atoms with Gasteiger partial charge in [0.2, 0.25) is 12.3 Å². The summed E-state index contributed by atoms with van der Waals surface area (Å²) in [4.78, 5) is 35.7. The van der Waals surface area contributed by atoms with Crippen LogP contribution in [0.25, 0.3) is 11.1 Å². The number of benzene rings is 2. The van der Waals surface area contributed by atoms with E-state index in [0.29, 0.717) is 0 Å². The zero-order valence-electron chi connectivity index (χ0n) is 17.4. The Kier molecular flexibility index (Phi) is 7.40. The summed E-state index contributed by atoms with van der Waals surface area (Å²) in [6, 6.07) is 12.8. The molecule has 1 aliphatic rings. The number of carbonyl (C=O) groups is 3. The van der Waals surface area contributed by atoms with Crippen LogP contribution < -0.4 is 10.6 Å². The number of hydrogen-bond donors (Lipinski definition) is 3. The fourth-order valence-electron chi connectivity index (χ4n) is 3.81. The van der Waals surface area contributed by atoms with Gasteiger partial charge in [0.25, 0.3) is 0 Å². The summed E-state index contributed by atoms with van der Waals surface area (Å²) < 4.78 is 30.5. The molecule has 0 fully saturated rings. The van der Waals surface area contributed by atoms with E-state index in [2.05, 4.69) is 5.32 Å². The van der Waals surface area contributed by atoms with Gasteiger partial charge in [-0.15, -0.1) is 0 Å². The zero-order chi connectivity index (χ0) is 23.3. The number of rotatable bonds is 9. The topological polar surface area (TPSA) is 105 Å². The van der Waals surface area contributed by atoms with E-state index in [4.69, 9.17) is 9.84 Å². The highest BCUT2D eigenvalue weighted by Gasteiger charge is 2.31. The quantitative estimate of drug-likeness (QED) is 0.547. The maximum Gasteiger partial charge on any atom is 0.407 e. The normalized spacial score (nSPS) is 14.2. The number of ether oxygens (including phenoxy) is 1. The number of hydrogen-bond acceptors (Lipinski definition) is 4. The highest BCUT2D eigenvalue weighted by atomic mass is 19.3. The molecule has 0 aromatic heterocycles. The molecule has 3 N–H and O–H groups in total. The van der Waals surface area contributed by atoms with Crippen LogP contribution in [0.4, 0.5) is 13.6 Å². The summed E-state index contributed by atoms with van der Waals surface area (Å²) in [6.07, 6.45) is -4.65. The minimum absolute atomic E-state index is 0.0427. The predicted molar refractivity (Wildman–Crippen MR) is 112 cm³/mol. The average Bonchev–Trinajstić information content (AvgIpc) is 3.09. The Morgan fingerprint density at radius 2 is 1.53 bits per heavy atom. The molecule has 2 atom stereocenters. The van der Waals surface area contributed by atoms with Crippen LogP contribution in [0, 0.1) is 0 Å². The van der Waals surface area contributed by atoms with Crippen LogP contribution in [0.15, 0.2) is 48.5 Å². The molecule has 170 valence electrons. The highest BCUT2D eigenvalue weighted by molar-refractivity contribution is 5.89. The first-order chi connectivity index (χ1) is 15.3. The Bertz CT molecular complexity index is 952. The fraction of sp³-hybridized carbons (Fsp3) is 0.348. The maximum absolute atomic E-state index is 12.5. The number of amides is 2. The Labute approximate surface area is 183 Å². The second-order valence-corrected chi connectivity index (χ2v) is 7.46.